The van der Waals surface area contributed by atoms with Crippen molar-refractivity contribution in [3.8, 4) is 0 Å². The van der Waals surface area contributed by atoms with Gasteiger partial charge in [-0.1, -0.05) is 41.5 Å². The van der Waals surface area contributed by atoms with E-state index in [1.807, 2.05) is 48.5 Å². The molecule has 0 aliphatic heterocycles. The Bertz CT molecular complexity index is 459. The van der Waals surface area contributed by atoms with Crippen LogP contribution < -0.4 is 0 Å². The third-order valence-electron chi connectivity index (χ3n) is 3.33. The van der Waals surface area contributed by atoms with Gasteiger partial charge in [-0.15, -0.1) is 0 Å². The topological polar surface area (TPSA) is 43.4 Å². The summed E-state index contributed by atoms with van der Waals surface area (Å²) in [5.41, 5.74) is -0.0281. The van der Waals surface area contributed by atoms with Crippen LogP contribution in [-0.4, -0.2) is 17.4 Å². The highest BCUT2D eigenvalue weighted by Gasteiger charge is 2.40. The van der Waals surface area contributed by atoms with Crippen LogP contribution in [0.3, 0.4) is 0 Å². The molecule has 0 radical (unpaired) electrons. The minimum Gasteiger partial charge on any atom is -0.451 e. The average molecular weight is 278 g/mol. The van der Waals surface area contributed by atoms with Crippen molar-refractivity contribution < 1.29 is 14.3 Å². The number of carbonyl (C=O) groups excluding carboxylic acids is 2. The first-order chi connectivity index (χ1) is 8.76. The monoisotopic (exact) mass is 278 g/mol. The van der Waals surface area contributed by atoms with Crippen molar-refractivity contribution >= 4 is 11.8 Å². The van der Waals surface area contributed by atoms with Crippen molar-refractivity contribution in [2.45, 2.75) is 61.0 Å². The Kier molecular flexibility index (Phi) is 4.06. The van der Waals surface area contributed by atoms with Gasteiger partial charge >= 0.3 is 5.97 Å². The van der Waals surface area contributed by atoms with Gasteiger partial charge in [0.2, 0.25) is 0 Å². The molecule has 0 saturated heterocycles. The predicted molar refractivity (Wildman–Crippen MR) is 80.3 cm³/mol. The highest BCUT2D eigenvalue weighted by atomic mass is 16.6. The Balaban J connectivity index is 3.44. The van der Waals surface area contributed by atoms with Crippen molar-refractivity contribution in [3.63, 3.8) is 0 Å². The highest BCUT2D eigenvalue weighted by Crippen LogP contribution is 2.41. The zero-order valence-corrected chi connectivity index (χ0v) is 13.9. The zero-order valence-electron chi connectivity index (χ0n) is 13.9. The fourth-order valence-corrected chi connectivity index (χ4v) is 2.37. The zero-order chi connectivity index (χ0) is 15.9. The first kappa shape index (κ1) is 16.7. The maximum Gasteiger partial charge on any atom is 0.303 e. The lowest BCUT2D eigenvalue weighted by atomic mass is 9.70. The van der Waals surface area contributed by atoms with E-state index in [0.29, 0.717) is 11.1 Å². The fraction of sp³-hybridized carbons (Fsp3) is 0.647. The van der Waals surface area contributed by atoms with Crippen LogP contribution in [-0.2, 0) is 14.3 Å². The van der Waals surface area contributed by atoms with Crippen LogP contribution >= 0.6 is 0 Å². The van der Waals surface area contributed by atoms with Crippen LogP contribution in [0.4, 0.5) is 0 Å². The van der Waals surface area contributed by atoms with Gasteiger partial charge in [0, 0.05) is 18.1 Å². The summed E-state index contributed by atoms with van der Waals surface area (Å²) in [5, 5.41) is 0. The van der Waals surface area contributed by atoms with Gasteiger partial charge in [0.05, 0.1) is 0 Å². The van der Waals surface area contributed by atoms with E-state index >= 15 is 0 Å². The molecule has 0 unspecified atom stereocenters. The maximum absolute atomic E-state index is 12.7. The van der Waals surface area contributed by atoms with Crippen molar-refractivity contribution in [3.05, 3.63) is 23.3 Å². The van der Waals surface area contributed by atoms with Crippen molar-refractivity contribution in [2.24, 2.45) is 10.8 Å². The van der Waals surface area contributed by atoms with E-state index < -0.39 is 5.60 Å². The maximum atomic E-state index is 12.7. The average Bonchev–Trinajstić information content (AvgIpc) is 2.17. The molecule has 1 aliphatic rings. The van der Waals surface area contributed by atoms with Crippen LogP contribution in [0, 0.1) is 10.8 Å². The summed E-state index contributed by atoms with van der Waals surface area (Å²) < 4.78 is 5.43. The number of rotatable bonds is 1. The number of ether oxygens (including phenoxy) is 1. The Labute approximate surface area is 122 Å². The lowest BCUT2D eigenvalue weighted by Gasteiger charge is -2.36. The SMILES string of the molecule is CC(=O)OC1(C)C=C(C(C)(C)C)C(=O)C(C(C)(C)C)=C1. The number of hydrogen-bond acceptors (Lipinski definition) is 3. The van der Waals surface area contributed by atoms with E-state index in [1.54, 1.807) is 12.2 Å². The summed E-state index contributed by atoms with van der Waals surface area (Å²) in [6.07, 6.45) is 3.57. The smallest absolute Gasteiger partial charge is 0.303 e. The molecule has 1 rings (SSSR count). The second kappa shape index (κ2) is 4.87. The van der Waals surface area contributed by atoms with Gasteiger partial charge in [-0.3, -0.25) is 9.59 Å². The quantitative estimate of drug-likeness (QED) is 0.684. The number of Topliss-reactive ketones (excluding diaryl/α,β-unsaturated/α-hetero) is 1. The third-order valence-corrected chi connectivity index (χ3v) is 3.33. The van der Waals surface area contributed by atoms with Gasteiger partial charge in [-0.05, 0) is 29.9 Å². The minimum absolute atomic E-state index is 0.0506. The molecule has 0 spiro atoms. The van der Waals surface area contributed by atoms with Crippen LogP contribution in [0.15, 0.2) is 23.3 Å². The summed E-state index contributed by atoms with van der Waals surface area (Å²) in [4.78, 5) is 24.1. The van der Waals surface area contributed by atoms with E-state index in [9.17, 15) is 9.59 Å². The summed E-state index contributed by atoms with van der Waals surface area (Å²) in [6, 6.07) is 0. The molecule has 0 N–H and O–H groups in total. The molecule has 0 fully saturated rings. The normalized spacial score (nSPS) is 19.3. The molecule has 0 amide bonds. The second-order valence-electron chi connectivity index (χ2n) is 7.72. The molecule has 20 heavy (non-hydrogen) atoms. The van der Waals surface area contributed by atoms with E-state index in [0.717, 1.165) is 0 Å². The number of esters is 1. The first-order valence-corrected chi connectivity index (χ1v) is 6.97. The molecule has 0 aromatic heterocycles. The summed E-state index contributed by atoms with van der Waals surface area (Å²) in [5.74, 6) is -0.300. The lowest BCUT2D eigenvalue weighted by Crippen LogP contribution is -2.37. The second-order valence-corrected chi connectivity index (χ2v) is 7.72. The number of ketones is 1. The van der Waals surface area contributed by atoms with Gasteiger partial charge in [0.1, 0.15) is 5.60 Å². The van der Waals surface area contributed by atoms with E-state index in [4.69, 9.17) is 4.74 Å². The molecule has 0 aromatic rings. The van der Waals surface area contributed by atoms with E-state index in [2.05, 4.69) is 0 Å². The van der Waals surface area contributed by atoms with Crippen LogP contribution in [0.5, 0.6) is 0 Å². The standard InChI is InChI=1S/C17H26O3/c1-11(18)20-17(8)9-12(15(2,3)4)14(19)13(10-17)16(5,6)7/h9-10H,1-8H3. The molecule has 1 aliphatic carbocycles. The Morgan fingerprint density at radius 3 is 1.60 bits per heavy atom. The highest BCUT2D eigenvalue weighted by molar-refractivity contribution is 6.11. The van der Waals surface area contributed by atoms with Crippen molar-refractivity contribution in [2.75, 3.05) is 0 Å². The van der Waals surface area contributed by atoms with Gasteiger partial charge in [-0.2, -0.15) is 0 Å². The molecule has 0 atom stereocenters. The molecular weight excluding hydrogens is 252 g/mol. The van der Waals surface area contributed by atoms with E-state index in [-0.39, 0.29) is 22.6 Å². The molecule has 3 nitrogen and oxygen atoms in total. The van der Waals surface area contributed by atoms with E-state index in [1.165, 1.54) is 6.92 Å². The number of allylic oxidation sites excluding steroid dienone is 2. The first-order valence-electron chi connectivity index (χ1n) is 6.97. The van der Waals surface area contributed by atoms with Crippen LogP contribution in [0.1, 0.15) is 55.4 Å². The Hall–Kier alpha value is -1.38. The fourth-order valence-electron chi connectivity index (χ4n) is 2.37. The third kappa shape index (κ3) is 3.59. The molecule has 0 saturated carbocycles. The molecule has 112 valence electrons. The number of hydrogen-bond donors (Lipinski definition) is 0. The summed E-state index contributed by atoms with van der Waals surface area (Å²) in [6.45, 7) is 15.2. The van der Waals surface area contributed by atoms with Gasteiger partial charge in [0.15, 0.2) is 5.78 Å². The van der Waals surface area contributed by atoms with Gasteiger partial charge in [0.25, 0.3) is 0 Å². The summed E-state index contributed by atoms with van der Waals surface area (Å²) in [7, 11) is 0. The predicted octanol–water partition coefficient (Wildman–Crippen LogP) is 3.84. The molecule has 3 heteroatoms. The molecular formula is C17H26O3. The Morgan fingerprint density at radius 2 is 1.35 bits per heavy atom. The van der Waals surface area contributed by atoms with Crippen LogP contribution in [0.25, 0.3) is 0 Å². The van der Waals surface area contributed by atoms with Crippen molar-refractivity contribution in [1.29, 1.82) is 0 Å². The molecule has 0 heterocycles. The summed E-state index contributed by atoms with van der Waals surface area (Å²) >= 11 is 0. The number of carbonyl (C=O) groups is 2. The largest absolute Gasteiger partial charge is 0.451 e. The molecule has 0 bridgehead atoms. The van der Waals surface area contributed by atoms with Crippen molar-refractivity contribution in [1.82, 2.24) is 0 Å². The molecule has 0 aromatic carbocycles. The lowest BCUT2D eigenvalue weighted by molar-refractivity contribution is -0.148. The minimum atomic E-state index is -0.856. The van der Waals surface area contributed by atoms with Crippen LogP contribution in [0.2, 0.25) is 0 Å². The van der Waals surface area contributed by atoms with Gasteiger partial charge in [-0.25, -0.2) is 0 Å². The Morgan fingerprint density at radius 1 is 1.00 bits per heavy atom. The van der Waals surface area contributed by atoms with Gasteiger partial charge < -0.3 is 4.74 Å².